The molecule has 3 fully saturated rings. The van der Waals surface area contributed by atoms with Crippen molar-refractivity contribution in [2.45, 2.75) is 63.1 Å². The zero-order valence-corrected chi connectivity index (χ0v) is 14.0. The van der Waals surface area contributed by atoms with Crippen molar-refractivity contribution >= 4 is 9.84 Å². The topological polar surface area (TPSA) is 55.4 Å². The van der Waals surface area contributed by atoms with E-state index in [1.165, 1.54) is 38.5 Å². The Hall–Kier alpha value is -0.130. The maximum absolute atomic E-state index is 11.7. The highest BCUT2D eigenvalue weighted by Gasteiger charge is 2.43. The summed E-state index contributed by atoms with van der Waals surface area (Å²) in [6, 6.07) is 0. The SMILES string of the molecule is CNCC(CC1CCC2(CCCC2)O1)C1CCS(=O)(=O)C1. The minimum absolute atomic E-state index is 0.191. The molecule has 2 aliphatic heterocycles. The van der Waals surface area contributed by atoms with Crippen molar-refractivity contribution in [2.75, 3.05) is 25.1 Å². The van der Waals surface area contributed by atoms with Crippen LogP contribution in [-0.2, 0) is 14.6 Å². The van der Waals surface area contributed by atoms with E-state index in [2.05, 4.69) is 5.32 Å². The van der Waals surface area contributed by atoms with Crippen LogP contribution in [0.2, 0.25) is 0 Å². The lowest BCUT2D eigenvalue weighted by Crippen LogP contribution is -2.32. The number of rotatable bonds is 5. The van der Waals surface area contributed by atoms with E-state index in [4.69, 9.17) is 4.74 Å². The fourth-order valence-corrected chi connectivity index (χ4v) is 6.61. The summed E-state index contributed by atoms with van der Waals surface area (Å²) in [7, 11) is -0.820. The van der Waals surface area contributed by atoms with Crippen molar-refractivity contribution in [3.05, 3.63) is 0 Å². The van der Waals surface area contributed by atoms with E-state index < -0.39 is 9.84 Å². The van der Waals surface area contributed by atoms with Gasteiger partial charge in [0.15, 0.2) is 9.84 Å². The molecule has 0 aromatic rings. The Bertz CT molecular complexity index is 456. The maximum atomic E-state index is 11.7. The van der Waals surface area contributed by atoms with Crippen LogP contribution in [0.25, 0.3) is 0 Å². The van der Waals surface area contributed by atoms with Crippen molar-refractivity contribution < 1.29 is 13.2 Å². The molecule has 0 amide bonds. The minimum atomic E-state index is -2.78. The smallest absolute Gasteiger partial charge is 0.150 e. The molecule has 1 aliphatic carbocycles. The Labute approximate surface area is 128 Å². The number of hydrogen-bond acceptors (Lipinski definition) is 4. The summed E-state index contributed by atoms with van der Waals surface area (Å²) >= 11 is 0. The summed E-state index contributed by atoms with van der Waals surface area (Å²) in [5.41, 5.74) is 0.191. The molecule has 3 atom stereocenters. The van der Waals surface area contributed by atoms with E-state index in [-0.39, 0.29) is 5.60 Å². The molecule has 0 aromatic carbocycles. The van der Waals surface area contributed by atoms with E-state index in [9.17, 15) is 8.42 Å². The summed E-state index contributed by atoms with van der Waals surface area (Å²) in [4.78, 5) is 0. The minimum Gasteiger partial charge on any atom is -0.372 e. The quantitative estimate of drug-likeness (QED) is 0.844. The molecule has 0 radical (unpaired) electrons. The number of hydrogen-bond donors (Lipinski definition) is 1. The van der Waals surface area contributed by atoms with Crippen LogP contribution in [-0.4, -0.2) is 45.2 Å². The van der Waals surface area contributed by atoms with E-state index in [0.29, 0.717) is 29.4 Å². The number of ether oxygens (including phenoxy) is 1. The largest absolute Gasteiger partial charge is 0.372 e. The summed E-state index contributed by atoms with van der Waals surface area (Å²) in [6.07, 6.45) is 9.70. The standard InChI is InChI=1S/C16H29NO3S/c1-17-11-14(13-5-9-21(18,19)12-13)10-15-4-8-16(20-15)6-2-3-7-16/h13-15,17H,2-12H2,1H3. The van der Waals surface area contributed by atoms with E-state index in [1.807, 2.05) is 7.05 Å². The summed E-state index contributed by atoms with van der Waals surface area (Å²) in [5, 5.41) is 3.26. The number of nitrogens with one attached hydrogen (secondary N) is 1. The Morgan fingerprint density at radius 3 is 2.62 bits per heavy atom. The van der Waals surface area contributed by atoms with Crippen LogP contribution in [0.4, 0.5) is 0 Å². The Balaban J connectivity index is 1.58. The normalized spacial score (nSPS) is 35.5. The van der Waals surface area contributed by atoms with Gasteiger partial charge in [0.05, 0.1) is 23.2 Å². The van der Waals surface area contributed by atoms with Crippen LogP contribution >= 0.6 is 0 Å². The molecular formula is C16H29NO3S. The van der Waals surface area contributed by atoms with Crippen molar-refractivity contribution in [3.8, 4) is 0 Å². The van der Waals surface area contributed by atoms with Gasteiger partial charge in [0.2, 0.25) is 0 Å². The molecule has 2 saturated heterocycles. The van der Waals surface area contributed by atoms with Gasteiger partial charge in [-0.2, -0.15) is 0 Å². The average molecular weight is 315 g/mol. The second-order valence-electron chi connectivity index (χ2n) is 7.39. The third-order valence-electron chi connectivity index (χ3n) is 5.82. The van der Waals surface area contributed by atoms with E-state index in [1.54, 1.807) is 0 Å². The zero-order valence-electron chi connectivity index (χ0n) is 13.1. The van der Waals surface area contributed by atoms with Gasteiger partial charge in [-0.3, -0.25) is 0 Å². The lowest BCUT2D eigenvalue weighted by Gasteiger charge is -2.28. The predicted molar refractivity (Wildman–Crippen MR) is 84.1 cm³/mol. The molecule has 1 spiro atoms. The third-order valence-corrected chi connectivity index (χ3v) is 7.61. The molecule has 0 bridgehead atoms. The second kappa shape index (κ2) is 6.17. The van der Waals surface area contributed by atoms with Gasteiger partial charge >= 0.3 is 0 Å². The Morgan fingerprint density at radius 2 is 2.00 bits per heavy atom. The molecule has 4 nitrogen and oxygen atoms in total. The Morgan fingerprint density at radius 1 is 1.24 bits per heavy atom. The predicted octanol–water partition coefficient (Wildman–Crippen LogP) is 2.14. The van der Waals surface area contributed by atoms with Gasteiger partial charge in [0.1, 0.15) is 0 Å². The van der Waals surface area contributed by atoms with Gasteiger partial charge in [-0.15, -0.1) is 0 Å². The molecular weight excluding hydrogens is 286 g/mol. The van der Waals surface area contributed by atoms with Gasteiger partial charge < -0.3 is 10.1 Å². The van der Waals surface area contributed by atoms with Crippen LogP contribution < -0.4 is 5.32 Å². The summed E-state index contributed by atoms with van der Waals surface area (Å²) < 4.78 is 29.9. The van der Waals surface area contributed by atoms with Gasteiger partial charge in [-0.1, -0.05) is 12.8 Å². The fraction of sp³-hybridized carbons (Fsp3) is 1.00. The average Bonchev–Trinajstić information content (AvgIpc) is 3.12. The fourth-order valence-electron chi connectivity index (χ4n) is 4.69. The first kappa shape index (κ1) is 15.8. The van der Waals surface area contributed by atoms with Crippen LogP contribution in [0, 0.1) is 11.8 Å². The van der Waals surface area contributed by atoms with E-state index >= 15 is 0 Å². The van der Waals surface area contributed by atoms with E-state index in [0.717, 1.165) is 19.4 Å². The highest BCUT2D eigenvalue weighted by Crippen LogP contribution is 2.45. The lowest BCUT2D eigenvalue weighted by molar-refractivity contribution is -0.0463. The maximum Gasteiger partial charge on any atom is 0.150 e. The first-order valence-corrected chi connectivity index (χ1v) is 10.4. The second-order valence-corrected chi connectivity index (χ2v) is 9.61. The molecule has 3 aliphatic rings. The van der Waals surface area contributed by atoms with Crippen molar-refractivity contribution in [2.24, 2.45) is 11.8 Å². The molecule has 5 heteroatoms. The molecule has 1 saturated carbocycles. The van der Waals surface area contributed by atoms with Crippen molar-refractivity contribution in [1.29, 1.82) is 0 Å². The molecule has 0 aromatic heterocycles. The first-order valence-electron chi connectivity index (χ1n) is 8.55. The monoisotopic (exact) mass is 315 g/mol. The van der Waals surface area contributed by atoms with Crippen LogP contribution in [0.5, 0.6) is 0 Å². The molecule has 21 heavy (non-hydrogen) atoms. The molecule has 2 heterocycles. The van der Waals surface area contributed by atoms with Crippen molar-refractivity contribution in [1.82, 2.24) is 5.32 Å². The molecule has 3 rings (SSSR count). The van der Waals surface area contributed by atoms with Crippen LogP contribution in [0.1, 0.15) is 51.4 Å². The zero-order chi connectivity index (χ0) is 14.9. The summed E-state index contributed by atoms with van der Waals surface area (Å²) in [6.45, 7) is 0.910. The summed E-state index contributed by atoms with van der Waals surface area (Å²) in [5.74, 6) is 1.53. The number of sulfone groups is 1. The van der Waals surface area contributed by atoms with Gasteiger partial charge in [-0.05, 0) is 64.0 Å². The Kier molecular flexibility index (Phi) is 4.63. The van der Waals surface area contributed by atoms with Gasteiger partial charge in [0.25, 0.3) is 0 Å². The lowest BCUT2D eigenvalue weighted by atomic mass is 9.86. The highest BCUT2D eigenvalue weighted by atomic mass is 32.2. The van der Waals surface area contributed by atoms with Crippen LogP contribution in [0.3, 0.4) is 0 Å². The third kappa shape index (κ3) is 3.62. The van der Waals surface area contributed by atoms with Gasteiger partial charge in [-0.25, -0.2) is 8.42 Å². The molecule has 3 unspecified atom stereocenters. The molecule has 1 N–H and O–H groups in total. The molecule has 122 valence electrons. The highest BCUT2D eigenvalue weighted by molar-refractivity contribution is 7.91. The van der Waals surface area contributed by atoms with Crippen LogP contribution in [0.15, 0.2) is 0 Å². The van der Waals surface area contributed by atoms with Gasteiger partial charge in [0, 0.05) is 0 Å². The van der Waals surface area contributed by atoms with Crippen molar-refractivity contribution in [3.63, 3.8) is 0 Å². The first-order chi connectivity index (χ1) is 10.0.